The molecule has 1 amide bonds. The van der Waals surface area contributed by atoms with Gasteiger partial charge in [0.2, 0.25) is 5.89 Å². The minimum absolute atomic E-state index is 0.0138. The zero-order chi connectivity index (χ0) is 23.5. The van der Waals surface area contributed by atoms with Crippen LogP contribution in [-0.2, 0) is 0 Å². The van der Waals surface area contributed by atoms with Gasteiger partial charge >= 0.3 is 5.69 Å². The van der Waals surface area contributed by atoms with Gasteiger partial charge in [-0.25, -0.2) is 9.37 Å². The van der Waals surface area contributed by atoms with E-state index in [-0.39, 0.29) is 27.9 Å². The third kappa shape index (κ3) is 4.77. The molecule has 3 aromatic carbocycles. The van der Waals surface area contributed by atoms with Crippen molar-refractivity contribution in [3.05, 3.63) is 82.2 Å². The summed E-state index contributed by atoms with van der Waals surface area (Å²) in [6, 6.07) is 14.6. The van der Waals surface area contributed by atoms with Gasteiger partial charge in [0.15, 0.2) is 16.4 Å². The third-order valence-electron chi connectivity index (χ3n) is 4.60. The predicted molar refractivity (Wildman–Crippen MR) is 123 cm³/mol. The minimum Gasteiger partial charge on any atom is -0.490 e. The molecule has 0 spiro atoms. The monoisotopic (exact) mass is 466 g/mol. The van der Waals surface area contributed by atoms with E-state index in [2.05, 4.69) is 15.6 Å². The minimum atomic E-state index is -0.639. The van der Waals surface area contributed by atoms with Crippen LogP contribution in [0.1, 0.15) is 10.4 Å². The number of benzene rings is 3. The molecular formula is C22H15FN4O5S. The van der Waals surface area contributed by atoms with Crippen LogP contribution in [0.2, 0.25) is 0 Å². The number of hydrogen-bond acceptors (Lipinski definition) is 7. The van der Waals surface area contributed by atoms with Crippen LogP contribution in [-0.4, -0.2) is 28.0 Å². The number of fused-ring (bicyclic) bond motifs is 1. The number of ether oxygens (including phenoxy) is 1. The maximum Gasteiger partial charge on any atom is 0.311 e. The van der Waals surface area contributed by atoms with Crippen molar-refractivity contribution in [1.82, 2.24) is 10.3 Å². The molecule has 0 aliphatic rings. The lowest BCUT2D eigenvalue weighted by Gasteiger charge is -2.10. The van der Waals surface area contributed by atoms with Gasteiger partial charge in [0.05, 0.1) is 12.0 Å². The standard InChI is InChI=1S/C22H15FN4O5S/c1-31-19-8-4-13(10-17(19)27(29)30)20(28)26-22(33)24-15-7-9-18-16(11-15)25-21(32-18)12-2-5-14(23)6-3-12/h2-11H,1H3,(H2,24,26,28,33). The summed E-state index contributed by atoms with van der Waals surface area (Å²) in [5.74, 6) is -0.613. The van der Waals surface area contributed by atoms with E-state index in [1.807, 2.05) is 0 Å². The highest BCUT2D eigenvalue weighted by molar-refractivity contribution is 7.80. The Morgan fingerprint density at radius 1 is 1.15 bits per heavy atom. The molecular weight excluding hydrogens is 451 g/mol. The van der Waals surface area contributed by atoms with Crippen molar-refractivity contribution in [3.8, 4) is 17.2 Å². The molecule has 1 aromatic heterocycles. The van der Waals surface area contributed by atoms with E-state index >= 15 is 0 Å². The molecule has 0 radical (unpaired) electrons. The summed E-state index contributed by atoms with van der Waals surface area (Å²) in [7, 11) is 1.30. The average Bonchev–Trinajstić information content (AvgIpc) is 3.22. The molecule has 0 saturated heterocycles. The topological polar surface area (TPSA) is 120 Å². The number of halogens is 1. The number of nitro benzene ring substituents is 1. The molecule has 9 nitrogen and oxygen atoms in total. The van der Waals surface area contributed by atoms with Gasteiger partial charge in [-0.3, -0.25) is 20.2 Å². The van der Waals surface area contributed by atoms with E-state index in [9.17, 15) is 19.3 Å². The smallest absolute Gasteiger partial charge is 0.311 e. The molecule has 11 heteroatoms. The molecule has 4 rings (SSSR count). The number of thiocarbonyl (C=S) groups is 1. The fourth-order valence-electron chi connectivity index (χ4n) is 3.03. The largest absolute Gasteiger partial charge is 0.490 e. The number of amides is 1. The molecule has 0 aliphatic carbocycles. The second kappa shape index (κ2) is 9.01. The van der Waals surface area contributed by atoms with E-state index in [1.165, 1.54) is 31.4 Å². The van der Waals surface area contributed by atoms with Crippen molar-refractivity contribution in [1.29, 1.82) is 0 Å². The number of rotatable bonds is 5. The second-order valence-electron chi connectivity index (χ2n) is 6.76. The molecule has 0 saturated carbocycles. The lowest BCUT2D eigenvalue weighted by atomic mass is 10.1. The van der Waals surface area contributed by atoms with Crippen molar-refractivity contribution >= 4 is 45.7 Å². The van der Waals surface area contributed by atoms with Gasteiger partial charge in [0.25, 0.3) is 5.91 Å². The van der Waals surface area contributed by atoms with E-state index in [0.717, 1.165) is 6.07 Å². The Hall–Kier alpha value is -4.38. The quantitative estimate of drug-likeness (QED) is 0.247. The van der Waals surface area contributed by atoms with Gasteiger partial charge in [-0.1, -0.05) is 0 Å². The zero-order valence-electron chi connectivity index (χ0n) is 17.0. The second-order valence-corrected chi connectivity index (χ2v) is 7.17. The molecule has 0 unspecified atom stereocenters. The van der Waals surface area contributed by atoms with E-state index in [1.54, 1.807) is 30.3 Å². The van der Waals surface area contributed by atoms with Crippen molar-refractivity contribution in [2.24, 2.45) is 0 Å². The Balaban J connectivity index is 1.47. The highest BCUT2D eigenvalue weighted by Crippen LogP contribution is 2.28. The van der Waals surface area contributed by atoms with Crippen LogP contribution in [0.4, 0.5) is 15.8 Å². The molecule has 1 heterocycles. The lowest BCUT2D eigenvalue weighted by molar-refractivity contribution is -0.385. The van der Waals surface area contributed by atoms with Crippen LogP contribution in [0.3, 0.4) is 0 Å². The summed E-state index contributed by atoms with van der Waals surface area (Å²) in [4.78, 5) is 27.4. The highest BCUT2D eigenvalue weighted by atomic mass is 32.1. The van der Waals surface area contributed by atoms with Crippen molar-refractivity contribution < 1.29 is 23.3 Å². The molecule has 4 aromatic rings. The summed E-state index contributed by atoms with van der Waals surface area (Å²) in [5.41, 5.74) is 1.91. The number of carbonyl (C=O) groups is 1. The van der Waals surface area contributed by atoms with E-state index in [0.29, 0.717) is 28.2 Å². The Kier molecular flexibility index (Phi) is 5.96. The van der Waals surface area contributed by atoms with E-state index < -0.39 is 10.8 Å². The molecule has 166 valence electrons. The van der Waals surface area contributed by atoms with Gasteiger partial charge < -0.3 is 14.5 Å². The summed E-state index contributed by atoms with van der Waals surface area (Å²) >= 11 is 5.18. The van der Waals surface area contributed by atoms with Crippen LogP contribution in [0.25, 0.3) is 22.6 Å². The van der Waals surface area contributed by atoms with Gasteiger partial charge in [0, 0.05) is 22.9 Å². The number of nitrogens with zero attached hydrogens (tertiary/aromatic N) is 2. The number of carbonyl (C=O) groups excluding carboxylic acids is 1. The Morgan fingerprint density at radius 2 is 1.91 bits per heavy atom. The molecule has 0 fully saturated rings. The van der Waals surface area contributed by atoms with Crippen LogP contribution in [0, 0.1) is 15.9 Å². The lowest BCUT2D eigenvalue weighted by Crippen LogP contribution is -2.34. The first-order valence-electron chi connectivity index (χ1n) is 9.45. The number of nitrogens with one attached hydrogen (secondary N) is 2. The summed E-state index contributed by atoms with van der Waals surface area (Å²) in [6.45, 7) is 0. The fraction of sp³-hybridized carbons (Fsp3) is 0.0455. The number of anilines is 1. The maximum absolute atomic E-state index is 13.1. The van der Waals surface area contributed by atoms with Crippen LogP contribution < -0.4 is 15.4 Å². The first-order valence-corrected chi connectivity index (χ1v) is 9.86. The number of aromatic nitrogens is 1. The third-order valence-corrected chi connectivity index (χ3v) is 4.81. The number of hydrogen-bond donors (Lipinski definition) is 2. The predicted octanol–water partition coefficient (Wildman–Crippen LogP) is 4.68. The van der Waals surface area contributed by atoms with Gasteiger partial charge in [-0.15, -0.1) is 0 Å². The summed E-state index contributed by atoms with van der Waals surface area (Å²) < 4.78 is 23.8. The fourth-order valence-corrected chi connectivity index (χ4v) is 3.24. The van der Waals surface area contributed by atoms with Crippen LogP contribution in [0.5, 0.6) is 5.75 Å². The molecule has 0 bridgehead atoms. The van der Waals surface area contributed by atoms with Crippen LogP contribution >= 0.6 is 12.2 Å². The first kappa shape index (κ1) is 21.8. The van der Waals surface area contributed by atoms with Gasteiger partial charge in [-0.05, 0) is 66.8 Å². The Bertz CT molecular complexity index is 1390. The van der Waals surface area contributed by atoms with Crippen molar-refractivity contribution in [2.75, 3.05) is 12.4 Å². The normalized spacial score (nSPS) is 10.6. The molecule has 0 aliphatic heterocycles. The summed E-state index contributed by atoms with van der Waals surface area (Å²) in [6.07, 6.45) is 0. The number of methoxy groups -OCH3 is 1. The zero-order valence-corrected chi connectivity index (χ0v) is 17.8. The molecule has 2 N–H and O–H groups in total. The number of oxazole rings is 1. The highest BCUT2D eigenvalue weighted by Gasteiger charge is 2.19. The summed E-state index contributed by atoms with van der Waals surface area (Å²) in [5, 5.41) is 16.5. The maximum atomic E-state index is 13.1. The number of nitro groups is 1. The van der Waals surface area contributed by atoms with Crippen molar-refractivity contribution in [3.63, 3.8) is 0 Å². The van der Waals surface area contributed by atoms with Gasteiger partial charge in [0.1, 0.15) is 11.3 Å². The van der Waals surface area contributed by atoms with Crippen LogP contribution in [0.15, 0.2) is 65.1 Å². The first-order chi connectivity index (χ1) is 15.8. The van der Waals surface area contributed by atoms with Gasteiger partial charge in [-0.2, -0.15) is 0 Å². The van der Waals surface area contributed by atoms with Crippen molar-refractivity contribution in [2.45, 2.75) is 0 Å². The van der Waals surface area contributed by atoms with E-state index in [4.69, 9.17) is 21.4 Å². The SMILES string of the molecule is COc1ccc(C(=O)NC(=S)Nc2ccc3oc(-c4ccc(F)cc4)nc3c2)cc1[N+](=O)[O-]. The average molecular weight is 466 g/mol. The molecule has 33 heavy (non-hydrogen) atoms. The Morgan fingerprint density at radius 3 is 2.61 bits per heavy atom. The Labute approximate surface area is 191 Å². The molecule has 0 atom stereocenters.